The van der Waals surface area contributed by atoms with Gasteiger partial charge in [0.1, 0.15) is 4.70 Å². The van der Waals surface area contributed by atoms with Crippen molar-refractivity contribution in [2.75, 3.05) is 4.90 Å². The van der Waals surface area contributed by atoms with Gasteiger partial charge in [0, 0.05) is 22.0 Å². The minimum atomic E-state index is -0.0912. The zero-order chi connectivity index (χ0) is 17.4. The molecule has 0 saturated heterocycles. The molecule has 0 aliphatic carbocycles. The summed E-state index contributed by atoms with van der Waals surface area (Å²) in [7, 11) is 0. The van der Waals surface area contributed by atoms with Gasteiger partial charge in [-0.1, -0.05) is 23.7 Å². The number of H-pyrrole nitrogens is 1. The topological polar surface area (TPSA) is 49.0 Å². The Labute approximate surface area is 150 Å². The first-order chi connectivity index (χ1) is 11.4. The molecular formula is C18H20ClN3OS. The van der Waals surface area contributed by atoms with E-state index < -0.39 is 0 Å². The SMILES string of the molecule is CC(C)N(c1nc2cc(-c3ccc(Cl)cc3)sc2c(=O)[nH]1)C(C)C. The van der Waals surface area contributed by atoms with Crippen LogP contribution in [0.3, 0.4) is 0 Å². The van der Waals surface area contributed by atoms with Gasteiger partial charge in [0.2, 0.25) is 5.95 Å². The number of aromatic amines is 1. The minimum Gasteiger partial charge on any atom is -0.337 e. The first kappa shape index (κ1) is 17.0. The standard InChI is InChI=1S/C18H20ClN3OS/c1-10(2)22(11(3)4)18-20-14-9-15(24-16(14)17(23)21-18)12-5-7-13(19)8-6-12/h5-11H,1-4H3,(H,20,21,23). The average Bonchev–Trinajstić information content (AvgIpc) is 2.92. The Bertz CT molecular complexity index is 904. The maximum Gasteiger partial charge on any atom is 0.270 e. The fourth-order valence-corrected chi connectivity index (χ4v) is 4.01. The predicted molar refractivity (Wildman–Crippen MR) is 103 cm³/mol. The molecule has 0 spiro atoms. The van der Waals surface area contributed by atoms with Gasteiger partial charge in [0.15, 0.2) is 0 Å². The molecule has 24 heavy (non-hydrogen) atoms. The monoisotopic (exact) mass is 361 g/mol. The zero-order valence-electron chi connectivity index (χ0n) is 14.1. The number of benzene rings is 1. The summed E-state index contributed by atoms with van der Waals surface area (Å²) in [5, 5.41) is 0.697. The molecule has 0 bridgehead atoms. The Hall–Kier alpha value is -1.85. The maximum absolute atomic E-state index is 12.5. The van der Waals surface area contributed by atoms with E-state index in [2.05, 4.69) is 37.6 Å². The van der Waals surface area contributed by atoms with Crippen LogP contribution in [0.2, 0.25) is 5.02 Å². The molecule has 1 N–H and O–H groups in total. The molecule has 0 aliphatic rings. The Balaban J connectivity index is 2.12. The number of anilines is 1. The van der Waals surface area contributed by atoms with E-state index in [1.165, 1.54) is 11.3 Å². The van der Waals surface area contributed by atoms with E-state index in [9.17, 15) is 4.79 Å². The van der Waals surface area contributed by atoms with E-state index in [-0.39, 0.29) is 17.6 Å². The van der Waals surface area contributed by atoms with Crippen molar-refractivity contribution < 1.29 is 0 Å². The molecular weight excluding hydrogens is 342 g/mol. The summed E-state index contributed by atoms with van der Waals surface area (Å²) in [6, 6.07) is 10.1. The largest absolute Gasteiger partial charge is 0.337 e. The lowest BCUT2D eigenvalue weighted by Gasteiger charge is -2.31. The van der Waals surface area contributed by atoms with Crippen LogP contribution in [-0.4, -0.2) is 22.1 Å². The normalized spacial score (nSPS) is 11.6. The molecule has 0 amide bonds. The summed E-state index contributed by atoms with van der Waals surface area (Å²) in [6.45, 7) is 8.38. The highest BCUT2D eigenvalue weighted by molar-refractivity contribution is 7.22. The summed E-state index contributed by atoms with van der Waals surface area (Å²) in [5.74, 6) is 0.623. The summed E-state index contributed by atoms with van der Waals surface area (Å²) in [4.78, 5) is 23.3. The summed E-state index contributed by atoms with van der Waals surface area (Å²) >= 11 is 7.40. The third kappa shape index (κ3) is 3.19. The molecule has 0 unspecified atom stereocenters. The Kier molecular flexibility index (Phi) is 4.65. The first-order valence-corrected chi connectivity index (χ1v) is 9.14. The molecule has 0 saturated carbocycles. The van der Waals surface area contributed by atoms with Gasteiger partial charge in [0.05, 0.1) is 5.52 Å². The quantitative estimate of drug-likeness (QED) is 0.716. The number of hydrogen-bond acceptors (Lipinski definition) is 4. The molecule has 0 radical (unpaired) electrons. The van der Waals surface area contributed by atoms with Crippen LogP contribution < -0.4 is 10.5 Å². The van der Waals surface area contributed by atoms with Crippen LogP contribution in [0.1, 0.15) is 27.7 Å². The molecule has 0 aliphatic heterocycles. The van der Waals surface area contributed by atoms with Gasteiger partial charge in [-0.25, -0.2) is 4.98 Å². The first-order valence-electron chi connectivity index (χ1n) is 7.95. The van der Waals surface area contributed by atoms with Crippen molar-refractivity contribution in [3.05, 3.63) is 45.7 Å². The molecule has 0 atom stereocenters. The van der Waals surface area contributed by atoms with Gasteiger partial charge in [-0.15, -0.1) is 11.3 Å². The van der Waals surface area contributed by atoms with Crippen molar-refractivity contribution in [2.45, 2.75) is 39.8 Å². The van der Waals surface area contributed by atoms with Gasteiger partial charge in [-0.3, -0.25) is 9.78 Å². The minimum absolute atomic E-state index is 0.0912. The molecule has 3 aromatic rings. The maximum atomic E-state index is 12.5. The van der Waals surface area contributed by atoms with Crippen LogP contribution in [0.4, 0.5) is 5.95 Å². The van der Waals surface area contributed by atoms with Crippen molar-refractivity contribution in [3.63, 3.8) is 0 Å². The van der Waals surface area contributed by atoms with Crippen LogP contribution in [0, 0.1) is 0 Å². The molecule has 126 valence electrons. The van der Waals surface area contributed by atoms with E-state index in [1.807, 2.05) is 30.3 Å². The van der Waals surface area contributed by atoms with Crippen LogP contribution >= 0.6 is 22.9 Å². The summed E-state index contributed by atoms with van der Waals surface area (Å²) < 4.78 is 0.649. The van der Waals surface area contributed by atoms with Crippen molar-refractivity contribution >= 4 is 39.1 Å². The number of rotatable bonds is 4. The molecule has 3 rings (SSSR count). The van der Waals surface area contributed by atoms with Crippen molar-refractivity contribution in [3.8, 4) is 10.4 Å². The van der Waals surface area contributed by atoms with Crippen molar-refractivity contribution in [2.24, 2.45) is 0 Å². The van der Waals surface area contributed by atoms with Gasteiger partial charge >= 0.3 is 0 Å². The van der Waals surface area contributed by atoms with E-state index in [0.717, 1.165) is 16.0 Å². The van der Waals surface area contributed by atoms with Gasteiger partial charge in [-0.05, 0) is 51.5 Å². The van der Waals surface area contributed by atoms with E-state index >= 15 is 0 Å². The number of aromatic nitrogens is 2. The number of nitrogens with zero attached hydrogens (tertiary/aromatic N) is 2. The smallest absolute Gasteiger partial charge is 0.270 e. The highest BCUT2D eigenvalue weighted by atomic mass is 35.5. The Morgan fingerprint density at radius 3 is 2.33 bits per heavy atom. The predicted octanol–water partition coefficient (Wildman–Crippen LogP) is 4.93. The lowest BCUT2D eigenvalue weighted by molar-refractivity contribution is 0.592. The van der Waals surface area contributed by atoms with E-state index in [4.69, 9.17) is 16.6 Å². The molecule has 2 heterocycles. The molecule has 2 aromatic heterocycles. The third-order valence-electron chi connectivity index (χ3n) is 3.86. The summed E-state index contributed by atoms with van der Waals surface area (Å²) in [6.07, 6.45) is 0. The van der Waals surface area contributed by atoms with Crippen molar-refractivity contribution in [1.82, 2.24) is 9.97 Å². The number of nitrogens with one attached hydrogen (secondary N) is 1. The number of fused-ring (bicyclic) bond motifs is 1. The average molecular weight is 362 g/mol. The van der Waals surface area contributed by atoms with Gasteiger partial charge in [-0.2, -0.15) is 0 Å². The number of hydrogen-bond donors (Lipinski definition) is 1. The van der Waals surface area contributed by atoms with Crippen LogP contribution in [0.25, 0.3) is 20.7 Å². The second-order valence-electron chi connectivity index (χ2n) is 6.32. The highest BCUT2D eigenvalue weighted by Gasteiger charge is 2.19. The zero-order valence-corrected chi connectivity index (χ0v) is 15.7. The molecule has 1 aromatic carbocycles. The third-order valence-corrected chi connectivity index (χ3v) is 5.28. The van der Waals surface area contributed by atoms with Crippen molar-refractivity contribution in [1.29, 1.82) is 0 Å². The van der Waals surface area contributed by atoms with E-state index in [0.29, 0.717) is 15.7 Å². The van der Waals surface area contributed by atoms with Gasteiger partial charge < -0.3 is 4.90 Å². The van der Waals surface area contributed by atoms with Crippen LogP contribution in [0.15, 0.2) is 35.1 Å². The number of thiophene rings is 1. The van der Waals surface area contributed by atoms with Gasteiger partial charge in [0.25, 0.3) is 5.56 Å². The fourth-order valence-electron chi connectivity index (χ4n) is 2.89. The number of halogens is 1. The Morgan fingerprint density at radius 1 is 1.12 bits per heavy atom. The summed E-state index contributed by atoms with van der Waals surface area (Å²) in [5.41, 5.74) is 1.68. The fraction of sp³-hybridized carbons (Fsp3) is 0.333. The lowest BCUT2D eigenvalue weighted by atomic mass is 10.2. The van der Waals surface area contributed by atoms with Crippen LogP contribution in [0.5, 0.6) is 0 Å². The Morgan fingerprint density at radius 2 is 1.75 bits per heavy atom. The second-order valence-corrected chi connectivity index (χ2v) is 7.80. The highest BCUT2D eigenvalue weighted by Crippen LogP contribution is 2.32. The lowest BCUT2D eigenvalue weighted by Crippen LogP contribution is -2.39. The molecule has 0 fully saturated rings. The van der Waals surface area contributed by atoms with Crippen LogP contribution in [-0.2, 0) is 0 Å². The molecule has 6 heteroatoms. The second kappa shape index (κ2) is 6.57. The van der Waals surface area contributed by atoms with E-state index in [1.54, 1.807) is 0 Å². The molecule has 4 nitrogen and oxygen atoms in total.